The van der Waals surface area contributed by atoms with Crippen LogP contribution < -0.4 is 15.7 Å². The van der Waals surface area contributed by atoms with Crippen molar-refractivity contribution in [3.8, 4) is 0 Å². The number of rotatable bonds is 16. The number of nitrogens with zero attached hydrogens (tertiary/aromatic N) is 6. The van der Waals surface area contributed by atoms with Crippen molar-refractivity contribution in [2.75, 3.05) is 79.8 Å². The van der Waals surface area contributed by atoms with E-state index in [1.54, 1.807) is 41.7 Å². The Morgan fingerprint density at radius 2 is 1.13 bits per heavy atom. The van der Waals surface area contributed by atoms with Crippen molar-refractivity contribution in [1.29, 1.82) is 0 Å². The van der Waals surface area contributed by atoms with Crippen molar-refractivity contribution in [3.05, 3.63) is 32.2 Å². The molecule has 4 amide bonds. The fourth-order valence-corrected chi connectivity index (χ4v) is 7.02. The summed E-state index contributed by atoms with van der Waals surface area (Å²) in [5.41, 5.74) is 1.68. The van der Waals surface area contributed by atoms with E-state index in [1.807, 2.05) is 10.8 Å². The van der Waals surface area contributed by atoms with Crippen LogP contribution in [0.4, 0.5) is 9.59 Å². The number of ether oxygens (including phenoxy) is 2. The molecular weight excluding hydrogens is 709 g/mol. The maximum absolute atomic E-state index is 12.5. The zero-order valence-electron chi connectivity index (χ0n) is 31.7. The normalized spacial score (nSPS) is 16.5. The number of urea groups is 2. The monoisotopic (exact) mass is 765 g/mol. The number of nitrogens with one attached hydrogen (secondary N) is 2. The van der Waals surface area contributed by atoms with E-state index in [9.17, 15) is 24.3 Å². The van der Waals surface area contributed by atoms with Gasteiger partial charge in [-0.15, -0.1) is 22.7 Å². The van der Waals surface area contributed by atoms with Gasteiger partial charge in [0.1, 0.15) is 0 Å². The van der Waals surface area contributed by atoms with Crippen LogP contribution in [0.1, 0.15) is 80.7 Å². The van der Waals surface area contributed by atoms with Gasteiger partial charge in [0, 0.05) is 76.0 Å². The molecule has 0 unspecified atom stereocenters. The van der Waals surface area contributed by atoms with Crippen LogP contribution in [0, 0.1) is 0 Å². The van der Waals surface area contributed by atoms with Crippen molar-refractivity contribution in [1.82, 2.24) is 40.2 Å². The Labute approximate surface area is 316 Å². The number of Topliss-reactive ketones (excluding diaryl/α,β-unsaturated/α-hetero) is 1. The summed E-state index contributed by atoms with van der Waals surface area (Å²) in [4.78, 5) is 64.5. The third-order valence-corrected chi connectivity index (χ3v) is 11.1. The van der Waals surface area contributed by atoms with Crippen LogP contribution in [0.15, 0.2) is 10.8 Å². The number of ketones is 1. The fourth-order valence-electron chi connectivity index (χ4n) is 5.37. The minimum Gasteiger partial charge on any atom is -0.548 e. The zero-order valence-corrected chi connectivity index (χ0v) is 33.4. The highest BCUT2D eigenvalue weighted by Gasteiger charge is 2.23. The number of carbonyl (C=O) groups excluding carboxylic acids is 4. The van der Waals surface area contributed by atoms with Gasteiger partial charge in [0.15, 0.2) is 5.78 Å². The second kappa shape index (κ2) is 22.1. The average molecular weight is 766 g/mol. The van der Waals surface area contributed by atoms with E-state index in [0.29, 0.717) is 57.5 Å². The van der Waals surface area contributed by atoms with Crippen LogP contribution in [-0.4, -0.2) is 145 Å². The van der Waals surface area contributed by atoms with Crippen LogP contribution in [0.25, 0.3) is 0 Å². The number of hydrogen-bond acceptors (Lipinski definition) is 13. The Bertz CT molecular complexity index is 1300. The highest BCUT2D eigenvalue weighted by molar-refractivity contribution is 7.10. The molecule has 0 spiro atoms. The molecule has 4 rings (SSSR count). The summed E-state index contributed by atoms with van der Waals surface area (Å²) >= 11 is 3.18. The Morgan fingerprint density at radius 1 is 0.750 bits per heavy atom. The number of carbonyl (C=O) groups is 4. The molecule has 17 heteroatoms. The molecule has 0 bridgehead atoms. The Balaban J connectivity index is 0.000000280. The van der Waals surface area contributed by atoms with E-state index >= 15 is 0 Å². The minimum atomic E-state index is -1.27. The predicted molar refractivity (Wildman–Crippen MR) is 199 cm³/mol. The molecule has 2 fully saturated rings. The number of amides is 4. The van der Waals surface area contributed by atoms with E-state index in [0.717, 1.165) is 67.3 Å². The number of aliphatic carboxylic acids is 1. The quantitative estimate of drug-likeness (QED) is 0.257. The van der Waals surface area contributed by atoms with Crippen LogP contribution in [0.2, 0.25) is 0 Å². The molecule has 0 aromatic carbocycles. The second-order valence-electron chi connectivity index (χ2n) is 13.8. The SMILES string of the molecule is CC(=O)[C@H](CCN1CCOCC1)NC(=O)N(C)Cc1csc(C(C)C)n1.CC(C)c1nc(CN(C)C(=O)N[C@@H](CCN2CCOCC2)C(=O)[O-])cs1. The van der Waals surface area contributed by atoms with Gasteiger partial charge in [-0.3, -0.25) is 14.6 Å². The largest absolute Gasteiger partial charge is 0.548 e. The lowest BCUT2D eigenvalue weighted by atomic mass is 10.1. The lowest BCUT2D eigenvalue weighted by Crippen LogP contribution is -2.52. The van der Waals surface area contributed by atoms with Gasteiger partial charge in [0.25, 0.3) is 0 Å². The summed E-state index contributed by atoms with van der Waals surface area (Å²) in [6, 6.07) is -2.17. The lowest BCUT2D eigenvalue weighted by molar-refractivity contribution is -0.308. The summed E-state index contributed by atoms with van der Waals surface area (Å²) < 4.78 is 10.6. The van der Waals surface area contributed by atoms with Crippen LogP contribution >= 0.6 is 22.7 Å². The van der Waals surface area contributed by atoms with Gasteiger partial charge in [-0.25, -0.2) is 19.6 Å². The standard InChI is InChI=1S/C18H30N4O3S.C17H28N4O4S/c1-13(2)17-19-15(12-26-17)11-21(4)18(24)20-16(14(3)23)5-6-22-7-9-25-10-8-22;1-12(2)15-18-13(11-26-15)10-20(3)17(24)19-14(16(22)23)4-5-21-6-8-25-9-7-21/h12-13,16H,5-11H2,1-4H3,(H,20,24);11-12,14H,4-10H2,1-3H3,(H,19,24)(H,22,23)/p-1/t16-;14-/m00/s1. The summed E-state index contributed by atoms with van der Waals surface area (Å²) in [7, 11) is 3.35. The molecule has 292 valence electrons. The maximum atomic E-state index is 12.5. The van der Waals surface area contributed by atoms with Gasteiger partial charge in [-0.1, -0.05) is 27.7 Å². The molecule has 2 atom stereocenters. The molecule has 15 nitrogen and oxygen atoms in total. The molecule has 2 aliphatic rings. The van der Waals surface area contributed by atoms with Crippen molar-refractivity contribution in [3.63, 3.8) is 0 Å². The first kappa shape index (κ1) is 43.2. The molecule has 2 N–H and O–H groups in total. The zero-order chi connectivity index (χ0) is 38.2. The molecule has 2 aromatic heterocycles. The van der Waals surface area contributed by atoms with E-state index in [1.165, 1.54) is 11.8 Å². The second-order valence-corrected chi connectivity index (χ2v) is 15.6. The number of morpholine rings is 2. The topological polar surface area (TPSA) is 173 Å². The number of aromatic nitrogens is 2. The number of hydrogen-bond donors (Lipinski definition) is 2. The van der Waals surface area contributed by atoms with Gasteiger partial charge in [-0.2, -0.15) is 0 Å². The molecule has 2 aromatic rings. The van der Waals surface area contributed by atoms with Crippen LogP contribution in [0.5, 0.6) is 0 Å². The number of carboxylic acids is 1. The highest BCUT2D eigenvalue weighted by Crippen LogP contribution is 2.21. The summed E-state index contributed by atoms with van der Waals surface area (Å²) in [5.74, 6) is -0.558. The Kier molecular flexibility index (Phi) is 18.4. The molecule has 4 heterocycles. The molecule has 0 saturated carbocycles. The summed E-state index contributed by atoms with van der Waals surface area (Å²) in [6.45, 7) is 18.0. The van der Waals surface area contributed by atoms with Crippen LogP contribution in [0.3, 0.4) is 0 Å². The first-order valence-electron chi connectivity index (χ1n) is 18.0. The highest BCUT2D eigenvalue weighted by atomic mass is 32.1. The van der Waals surface area contributed by atoms with Gasteiger partial charge >= 0.3 is 12.1 Å². The third-order valence-electron chi connectivity index (χ3n) is 8.66. The Morgan fingerprint density at radius 3 is 1.48 bits per heavy atom. The van der Waals surface area contributed by atoms with E-state index in [4.69, 9.17) is 9.47 Å². The molecule has 0 aliphatic carbocycles. The van der Waals surface area contributed by atoms with Crippen molar-refractivity contribution >= 4 is 46.5 Å². The van der Waals surface area contributed by atoms with Gasteiger partial charge < -0.3 is 39.8 Å². The third kappa shape index (κ3) is 15.0. The first-order chi connectivity index (χ1) is 24.7. The van der Waals surface area contributed by atoms with Crippen molar-refractivity contribution in [2.45, 2.75) is 84.5 Å². The van der Waals surface area contributed by atoms with E-state index in [2.05, 4.69) is 58.1 Å². The lowest BCUT2D eigenvalue weighted by Gasteiger charge is -2.29. The molecule has 2 aliphatic heterocycles. The van der Waals surface area contributed by atoms with Gasteiger partial charge in [0.2, 0.25) is 0 Å². The van der Waals surface area contributed by atoms with Crippen molar-refractivity contribution < 1.29 is 33.8 Å². The maximum Gasteiger partial charge on any atom is 0.318 e. The van der Waals surface area contributed by atoms with Crippen LogP contribution in [-0.2, 0) is 32.2 Å². The minimum absolute atomic E-state index is 0.0178. The molecule has 2 saturated heterocycles. The molecule has 0 radical (unpaired) electrons. The van der Waals surface area contributed by atoms with E-state index in [-0.39, 0.29) is 11.8 Å². The molecular formula is C35H57N8O7S2-. The average Bonchev–Trinajstić information content (AvgIpc) is 3.79. The smallest absolute Gasteiger partial charge is 0.318 e. The summed E-state index contributed by atoms with van der Waals surface area (Å²) in [6.07, 6.45) is 0.916. The molecule has 52 heavy (non-hydrogen) atoms. The van der Waals surface area contributed by atoms with Gasteiger partial charge in [-0.05, 0) is 19.8 Å². The van der Waals surface area contributed by atoms with Crippen molar-refractivity contribution in [2.24, 2.45) is 0 Å². The Hall–Kier alpha value is -3.22. The summed E-state index contributed by atoms with van der Waals surface area (Å²) in [5, 5.41) is 22.8. The predicted octanol–water partition coefficient (Wildman–Crippen LogP) is 2.34. The number of carboxylic acid groups (broad SMARTS) is 1. The first-order valence-corrected chi connectivity index (χ1v) is 19.7. The fraction of sp³-hybridized carbons (Fsp3) is 0.714. The van der Waals surface area contributed by atoms with E-state index < -0.39 is 24.1 Å². The number of thiazole rings is 2. The van der Waals surface area contributed by atoms with Gasteiger partial charge in [0.05, 0.1) is 79.0 Å².